The number of aliphatic hydroxyl groups is 1. The van der Waals surface area contributed by atoms with Gasteiger partial charge in [0.25, 0.3) is 11.8 Å². The molecule has 31 heavy (non-hydrogen) atoms. The summed E-state index contributed by atoms with van der Waals surface area (Å²) >= 11 is 0. The molecule has 0 unspecified atom stereocenters. The van der Waals surface area contributed by atoms with Gasteiger partial charge < -0.3 is 24.8 Å². The first-order valence-corrected chi connectivity index (χ1v) is 9.62. The van der Waals surface area contributed by atoms with Crippen molar-refractivity contribution in [2.24, 2.45) is 0 Å². The molecule has 1 aliphatic heterocycles. The molecule has 0 spiro atoms. The van der Waals surface area contributed by atoms with Crippen LogP contribution in [0.2, 0.25) is 0 Å². The van der Waals surface area contributed by atoms with Crippen LogP contribution in [-0.4, -0.2) is 46.2 Å². The minimum atomic E-state index is -1.25. The van der Waals surface area contributed by atoms with Gasteiger partial charge in [-0.2, -0.15) is 5.10 Å². The topological polar surface area (TPSA) is 117 Å². The molecule has 9 nitrogen and oxygen atoms in total. The van der Waals surface area contributed by atoms with Crippen molar-refractivity contribution < 1.29 is 24.2 Å². The van der Waals surface area contributed by atoms with Crippen LogP contribution in [0.3, 0.4) is 0 Å². The van der Waals surface area contributed by atoms with Gasteiger partial charge in [0.2, 0.25) is 0 Å². The van der Waals surface area contributed by atoms with E-state index >= 15 is 0 Å². The van der Waals surface area contributed by atoms with E-state index < -0.39 is 12.0 Å². The number of nitrogens with one attached hydrogen (secondary N) is 2. The van der Waals surface area contributed by atoms with E-state index in [2.05, 4.69) is 15.5 Å². The summed E-state index contributed by atoms with van der Waals surface area (Å²) in [7, 11) is 3.01. The largest absolute Gasteiger partial charge is 0.497 e. The number of aromatic amines is 1. The third kappa shape index (κ3) is 4.08. The van der Waals surface area contributed by atoms with Gasteiger partial charge in [-0.05, 0) is 17.7 Å². The zero-order valence-corrected chi connectivity index (χ0v) is 17.1. The molecule has 0 saturated carbocycles. The maximum absolute atomic E-state index is 12.8. The second kappa shape index (κ2) is 8.49. The number of carbonyl (C=O) groups excluding carboxylic acids is 2. The highest BCUT2D eigenvalue weighted by atomic mass is 16.5. The second-order valence-corrected chi connectivity index (χ2v) is 7.09. The molecular formula is C22H22N4O5. The normalized spacial score (nSPS) is 13.5. The number of benzene rings is 2. The monoisotopic (exact) mass is 422 g/mol. The van der Waals surface area contributed by atoms with Crippen molar-refractivity contribution in [1.29, 1.82) is 0 Å². The first kappa shape index (κ1) is 20.4. The molecule has 0 radical (unpaired) electrons. The minimum Gasteiger partial charge on any atom is -0.497 e. The molecule has 9 heteroatoms. The highest BCUT2D eigenvalue weighted by molar-refractivity contribution is 6.04. The molecule has 0 saturated heterocycles. The highest BCUT2D eigenvalue weighted by Gasteiger charge is 2.32. The van der Waals surface area contributed by atoms with Crippen LogP contribution in [0.5, 0.6) is 11.5 Å². The van der Waals surface area contributed by atoms with Crippen LogP contribution >= 0.6 is 0 Å². The van der Waals surface area contributed by atoms with Gasteiger partial charge in [-0.1, -0.05) is 30.3 Å². The summed E-state index contributed by atoms with van der Waals surface area (Å²) in [5.41, 5.74) is 2.30. The number of nitrogens with zero attached hydrogens (tertiary/aromatic N) is 2. The van der Waals surface area contributed by atoms with E-state index in [9.17, 15) is 14.7 Å². The summed E-state index contributed by atoms with van der Waals surface area (Å²) in [5.74, 6) is 0.518. The first-order valence-electron chi connectivity index (χ1n) is 9.62. The average molecular weight is 422 g/mol. The molecule has 0 aliphatic carbocycles. The van der Waals surface area contributed by atoms with Crippen molar-refractivity contribution in [3.05, 3.63) is 70.9 Å². The number of hydrogen-bond donors (Lipinski definition) is 3. The fourth-order valence-corrected chi connectivity index (χ4v) is 3.47. The lowest BCUT2D eigenvalue weighted by atomic mass is 10.1. The second-order valence-electron chi connectivity index (χ2n) is 7.09. The third-order valence-electron chi connectivity index (χ3n) is 5.16. The van der Waals surface area contributed by atoms with Crippen LogP contribution in [0.25, 0.3) is 0 Å². The lowest BCUT2D eigenvalue weighted by molar-refractivity contribution is -0.141. The SMILES string of the molecule is COc1cc(OC)cc(C(=O)Nc2n[nH]c3c2CN(C(=O)[C@@H](O)c2ccccc2)C3)c1. The van der Waals surface area contributed by atoms with Gasteiger partial charge in [-0.3, -0.25) is 14.7 Å². The lowest BCUT2D eigenvalue weighted by Crippen LogP contribution is -2.31. The minimum absolute atomic E-state index is 0.228. The summed E-state index contributed by atoms with van der Waals surface area (Å²) in [6.07, 6.45) is -1.25. The predicted molar refractivity (Wildman–Crippen MR) is 112 cm³/mol. The number of amides is 2. The van der Waals surface area contributed by atoms with Gasteiger partial charge in [0.1, 0.15) is 11.5 Å². The van der Waals surface area contributed by atoms with E-state index in [1.165, 1.54) is 19.1 Å². The Morgan fingerprint density at radius 2 is 1.77 bits per heavy atom. The summed E-state index contributed by atoms with van der Waals surface area (Å²) in [6.45, 7) is 0.500. The van der Waals surface area contributed by atoms with Gasteiger partial charge in [0, 0.05) is 17.2 Å². The van der Waals surface area contributed by atoms with Crippen molar-refractivity contribution in [2.45, 2.75) is 19.2 Å². The van der Waals surface area contributed by atoms with E-state index in [0.717, 1.165) is 0 Å². The summed E-state index contributed by atoms with van der Waals surface area (Å²) in [6, 6.07) is 13.6. The fraction of sp³-hybridized carbons (Fsp3) is 0.227. The Balaban J connectivity index is 1.48. The van der Waals surface area contributed by atoms with Gasteiger partial charge in [0.05, 0.1) is 33.0 Å². The van der Waals surface area contributed by atoms with Gasteiger partial charge >= 0.3 is 0 Å². The van der Waals surface area contributed by atoms with Crippen molar-refractivity contribution >= 4 is 17.6 Å². The van der Waals surface area contributed by atoms with Crippen molar-refractivity contribution in [3.63, 3.8) is 0 Å². The molecule has 160 valence electrons. The van der Waals surface area contributed by atoms with E-state index in [-0.39, 0.29) is 19.0 Å². The molecule has 2 amide bonds. The van der Waals surface area contributed by atoms with E-state index in [1.54, 1.807) is 42.5 Å². The Kier molecular flexibility index (Phi) is 5.59. The molecule has 2 aromatic carbocycles. The number of fused-ring (bicyclic) bond motifs is 1. The van der Waals surface area contributed by atoms with Gasteiger partial charge in [-0.15, -0.1) is 0 Å². The number of carbonyl (C=O) groups is 2. The molecule has 1 aromatic heterocycles. The zero-order valence-electron chi connectivity index (χ0n) is 17.1. The number of hydrogen-bond acceptors (Lipinski definition) is 6. The summed E-state index contributed by atoms with van der Waals surface area (Å²) in [5, 5.41) is 20.2. The summed E-state index contributed by atoms with van der Waals surface area (Å²) < 4.78 is 10.4. The average Bonchev–Trinajstić information content (AvgIpc) is 3.40. The maximum atomic E-state index is 12.8. The fourth-order valence-electron chi connectivity index (χ4n) is 3.47. The number of methoxy groups -OCH3 is 2. The Morgan fingerprint density at radius 1 is 1.10 bits per heavy atom. The third-order valence-corrected chi connectivity index (χ3v) is 5.16. The molecule has 0 fully saturated rings. The van der Waals surface area contributed by atoms with Gasteiger partial charge in [0.15, 0.2) is 11.9 Å². The number of anilines is 1. The standard InChI is InChI=1S/C22H22N4O5/c1-30-15-8-14(9-16(10-15)31-2)21(28)23-20-17-11-26(12-18(17)24-25-20)22(29)19(27)13-6-4-3-5-7-13/h3-10,19,27H,11-12H2,1-2H3,(H2,23,24,25,28)/t19-/m0/s1. The first-order chi connectivity index (χ1) is 15.0. The maximum Gasteiger partial charge on any atom is 0.257 e. The van der Waals surface area contributed by atoms with Crippen molar-refractivity contribution in [2.75, 3.05) is 19.5 Å². The molecule has 2 heterocycles. The quantitative estimate of drug-likeness (QED) is 0.561. The van der Waals surface area contributed by atoms with Crippen LogP contribution in [0.4, 0.5) is 5.82 Å². The predicted octanol–water partition coefficient (Wildman–Crippen LogP) is 2.26. The van der Waals surface area contributed by atoms with E-state index in [0.29, 0.717) is 39.7 Å². The van der Waals surface area contributed by atoms with E-state index in [4.69, 9.17) is 9.47 Å². The number of aromatic nitrogens is 2. The highest BCUT2D eigenvalue weighted by Crippen LogP contribution is 2.30. The Labute approximate surface area is 178 Å². The Hall–Kier alpha value is -3.85. The Morgan fingerprint density at radius 3 is 2.42 bits per heavy atom. The number of ether oxygens (including phenoxy) is 2. The molecule has 0 bridgehead atoms. The van der Waals surface area contributed by atoms with Gasteiger partial charge in [-0.25, -0.2) is 0 Å². The van der Waals surface area contributed by atoms with E-state index in [1.807, 2.05) is 6.07 Å². The smallest absolute Gasteiger partial charge is 0.257 e. The molecule has 3 N–H and O–H groups in total. The Bertz CT molecular complexity index is 1090. The van der Waals surface area contributed by atoms with Crippen LogP contribution in [0.1, 0.15) is 33.3 Å². The number of rotatable bonds is 6. The molecular weight excluding hydrogens is 400 g/mol. The van der Waals surface area contributed by atoms with Crippen LogP contribution in [0, 0.1) is 0 Å². The zero-order chi connectivity index (χ0) is 22.0. The molecule has 3 aromatic rings. The van der Waals surface area contributed by atoms with Crippen LogP contribution in [-0.2, 0) is 17.9 Å². The summed E-state index contributed by atoms with van der Waals surface area (Å²) in [4.78, 5) is 27.0. The molecule has 1 aliphatic rings. The van der Waals surface area contributed by atoms with Crippen molar-refractivity contribution in [3.8, 4) is 11.5 Å². The molecule has 1 atom stereocenters. The van der Waals surface area contributed by atoms with Crippen LogP contribution < -0.4 is 14.8 Å². The number of aliphatic hydroxyl groups excluding tert-OH is 1. The molecule has 4 rings (SSSR count). The lowest BCUT2D eigenvalue weighted by Gasteiger charge is -2.20. The van der Waals surface area contributed by atoms with Crippen molar-refractivity contribution in [1.82, 2.24) is 15.1 Å². The van der Waals surface area contributed by atoms with Crippen LogP contribution in [0.15, 0.2) is 48.5 Å². The number of H-pyrrole nitrogens is 1.